The minimum atomic E-state index is -0.979. The van der Waals surface area contributed by atoms with Crippen molar-refractivity contribution in [2.75, 3.05) is 13.2 Å². The van der Waals surface area contributed by atoms with Gasteiger partial charge < -0.3 is 20.1 Å². The van der Waals surface area contributed by atoms with Crippen molar-refractivity contribution in [2.45, 2.75) is 43.2 Å². The second-order valence-corrected chi connectivity index (χ2v) is 9.89. The van der Waals surface area contributed by atoms with Crippen LogP contribution in [0.2, 0.25) is 0 Å². The number of amides is 2. The number of benzene rings is 2. The number of carboxylic acids is 1. The molecule has 170 valence electrons. The van der Waals surface area contributed by atoms with Crippen LogP contribution in [0.3, 0.4) is 0 Å². The van der Waals surface area contributed by atoms with Gasteiger partial charge in [0.1, 0.15) is 12.1 Å². The van der Waals surface area contributed by atoms with E-state index in [1.165, 1.54) is 11.1 Å². The Morgan fingerprint density at radius 2 is 1.61 bits per heavy atom. The molecule has 2 aromatic carbocycles. The highest BCUT2D eigenvalue weighted by molar-refractivity contribution is 5.91. The second-order valence-electron chi connectivity index (χ2n) is 9.89. The highest BCUT2D eigenvalue weighted by Crippen LogP contribution is 2.52. The Labute approximate surface area is 191 Å². The van der Waals surface area contributed by atoms with Gasteiger partial charge in [-0.05, 0) is 53.9 Å². The van der Waals surface area contributed by atoms with Gasteiger partial charge in [-0.2, -0.15) is 0 Å². The van der Waals surface area contributed by atoms with E-state index in [4.69, 9.17) is 4.74 Å². The van der Waals surface area contributed by atoms with Crippen molar-refractivity contribution in [3.8, 4) is 11.1 Å². The van der Waals surface area contributed by atoms with E-state index in [1.807, 2.05) is 24.3 Å². The fourth-order valence-corrected chi connectivity index (χ4v) is 6.23. The minimum Gasteiger partial charge on any atom is -0.479 e. The lowest BCUT2D eigenvalue weighted by atomic mass is 9.72. The van der Waals surface area contributed by atoms with Crippen molar-refractivity contribution in [3.63, 3.8) is 0 Å². The van der Waals surface area contributed by atoms with Crippen LogP contribution in [0.15, 0.2) is 48.5 Å². The van der Waals surface area contributed by atoms with Crippen LogP contribution in [0.1, 0.15) is 42.7 Å². The number of nitrogens with one attached hydrogen (secondary N) is 1. The third-order valence-corrected chi connectivity index (χ3v) is 8.03. The van der Waals surface area contributed by atoms with E-state index in [-0.39, 0.29) is 30.4 Å². The maximum absolute atomic E-state index is 12.9. The average molecular weight is 447 g/mol. The molecule has 0 unspecified atom stereocenters. The number of carbonyl (C=O) groups excluding carboxylic acids is 2. The van der Waals surface area contributed by atoms with Crippen molar-refractivity contribution in [3.05, 3.63) is 59.7 Å². The first-order valence-corrected chi connectivity index (χ1v) is 11.6. The molecule has 2 amide bonds. The zero-order valence-electron chi connectivity index (χ0n) is 18.2. The number of ether oxygens (including phenoxy) is 1. The average Bonchev–Trinajstić information content (AvgIpc) is 3.42. The van der Waals surface area contributed by atoms with Gasteiger partial charge in [0.05, 0.1) is 0 Å². The summed E-state index contributed by atoms with van der Waals surface area (Å²) in [6.07, 6.45) is 1.72. The number of aliphatic carboxylic acids is 1. The first-order valence-electron chi connectivity index (χ1n) is 11.6. The molecule has 0 aromatic heterocycles. The smallest absolute Gasteiger partial charge is 0.407 e. The third kappa shape index (κ3) is 3.05. The van der Waals surface area contributed by atoms with Gasteiger partial charge in [0.2, 0.25) is 5.91 Å². The van der Waals surface area contributed by atoms with Crippen molar-refractivity contribution in [1.29, 1.82) is 0 Å². The topological polar surface area (TPSA) is 95.9 Å². The Morgan fingerprint density at radius 3 is 2.21 bits per heavy atom. The summed E-state index contributed by atoms with van der Waals surface area (Å²) in [5.41, 5.74) is 3.71. The van der Waals surface area contributed by atoms with Crippen LogP contribution < -0.4 is 5.32 Å². The normalized spacial score (nSPS) is 28.8. The molecule has 2 saturated heterocycles. The lowest BCUT2D eigenvalue weighted by Gasteiger charge is -2.42. The number of hydrogen-bond acceptors (Lipinski definition) is 4. The molecule has 7 nitrogen and oxygen atoms in total. The van der Waals surface area contributed by atoms with Crippen LogP contribution in [-0.4, -0.2) is 52.7 Å². The Bertz CT molecular complexity index is 1100. The molecule has 0 radical (unpaired) electrons. The van der Waals surface area contributed by atoms with Gasteiger partial charge in [-0.1, -0.05) is 48.5 Å². The number of alkyl carbamates (subject to hydrolysis) is 1. The van der Waals surface area contributed by atoms with E-state index >= 15 is 0 Å². The maximum Gasteiger partial charge on any atom is 0.407 e. The fourth-order valence-electron chi connectivity index (χ4n) is 6.23. The summed E-state index contributed by atoms with van der Waals surface area (Å²) in [6.45, 7) is 0.803. The lowest BCUT2D eigenvalue weighted by molar-refractivity contribution is -0.161. The maximum atomic E-state index is 12.9. The predicted molar refractivity (Wildman–Crippen MR) is 120 cm³/mol. The Kier molecular flexibility index (Phi) is 4.50. The summed E-state index contributed by atoms with van der Waals surface area (Å²) in [7, 11) is 0. The molecule has 0 atom stereocenters. The Hall–Kier alpha value is -3.35. The summed E-state index contributed by atoms with van der Waals surface area (Å²) in [6, 6.07) is 16.3. The second kappa shape index (κ2) is 7.33. The number of rotatable bonds is 5. The zero-order valence-corrected chi connectivity index (χ0v) is 18.2. The molecule has 4 fully saturated rings. The first kappa shape index (κ1) is 20.3. The quantitative estimate of drug-likeness (QED) is 0.734. The molecule has 7 heteroatoms. The first-order chi connectivity index (χ1) is 16.0. The van der Waals surface area contributed by atoms with Crippen LogP contribution in [-0.2, 0) is 14.3 Å². The number of hydrogen-bond donors (Lipinski definition) is 2. The summed E-state index contributed by atoms with van der Waals surface area (Å²) in [4.78, 5) is 38.6. The summed E-state index contributed by atoms with van der Waals surface area (Å²) in [5.74, 6) is -0.868. The molecule has 2 aliphatic heterocycles. The standard InChI is InChI=1S/C26H26N2O5/c29-23(28-13-15-11-26(28,12-15)24(30)31)16-9-17(10-16)27-25(32)33-14-22-20-7-3-1-5-18(20)19-6-2-4-8-21(19)22/h1-8,15-17,22H,9-14H2,(H,27,32)(H,30,31). The highest BCUT2D eigenvalue weighted by Gasteiger charge is 2.63. The van der Waals surface area contributed by atoms with E-state index in [2.05, 4.69) is 29.6 Å². The van der Waals surface area contributed by atoms with E-state index in [0.29, 0.717) is 38.1 Å². The van der Waals surface area contributed by atoms with Crippen molar-refractivity contribution in [1.82, 2.24) is 10.2 Å². The van der Waals surface area contributed by atoms with Crippen LogP contribution in [0, 0.1) is 11.8 Å². The van der Waals surface area contributed by atoms with Crippen LogP contribution in [0.25, 0.3) is 11.1 Å². The summed E-state index contributed by atoms with van der Waals surface area (Å²) < 4.78 is 5.59. The predicted octanol–water partition coefficient (Wildman–Crippen LogP) is 3.38. The summed E-state index contributed by atoms with van der Waals surface area (Å²) in [5, 5.41) is 12.4. The van der Waals surface area contributed by atoms with Gasteiger partial charge in [0, 0.05) is 24.4 Å². The van der Waals surface area contributed by atoms with Gasteiger partial charge in [0.15, 0.2) is 0 Å². The van der Waals surface area contributed by atoms with Gasteiger partial charge >= 0.3 is 12.1 Å². The van der Waals surface area contributed by atoms with Crippen molar-refractivity contribution < 1.29 is 24.2 Å². The molecule has 5 aliphatic rings. The van der Waals surface area contributed by atoms with Crippen molar-refractivity contribution >= 4 is 18.0 Å². The Morgan fingerprint density at radius 1 is 1.00 bits per heavy atom. The minimum absolute atomic E-state index is 0.00716. The number of carboxylic acid groups (broad SMARTS) is 1. The molecule has 3 aliphatic carbocycles. The van der Waals surface area contributed by atoms with Gasteiger partial charge in [-0.3, -0.25) is 4.79 Å². The molecule has 2 heterocycles. The van der Waals surface area contributed by atoms with Crippen LogP contribution in [0.5, 0.6) is 0 Å². The largest absolute Gasteiger partial charge is 0.479 e. The fraction of sp³-hybridized carbons (Fsp3) is 0.423. The summed E-state index contributed by atoms with van der Waals surface area (Å²) >= 11 is 0. The van der Waals surface area contributed by atoms with Gasteiger partial charge in [-0.25, -0.2) is 9.59 Å². The number of fused-ring (bicyclic) bond motifs is 4. The van der Waals surface area contributed by atoms with Crippen LogP contribution in [0.4, 0.5) is 4.79 Å². The lowest BCUT2D eigenvalue weighted by Crippen LogP contribution is -2.58. The molecule has 2 aromatic rings. The van der Waals surface area contributed by atoms with Crippen molar-refractivity contribution in [2.24, 2.45) is 11.8 Å². The highest BCUT2D eigenvalue weighted by atomic mass is 16.5. The SMILES string of the molecule is O=C(NC1CC(C(=O)N2CC3CC2(C(=O)O)C3)C1)OCC1c2ccccc2-c2ccccc21. The monoisotopic (exact) mass is 446 g/mol. The zero-order chi connectivity index (χ0) is 22.7. The Balaban J connectivity index is 1.03. The number of carbonyl (C=O) groups is 3. The number of nitrogens with zero attached hydrogens (tertiary/aromatic N) is 1. The molecular weight excluding hydrogens is 420 g/mol. The van der Waals surface area contributed by atoms with Crippen LogP contribution >= 0.6 is 0 Å². The molecule has 0 spiro atoms. The molecule has 33 heavy (non-hydrogen) atoms. The molecule has 2 bridgehead atoms. The van der Waals surface area contributed by atoms with Gasteiger partial charge in [-0.15, -0.1) is 0 Å². The van der Waals surface area contributed by atoms with E-state index in [1.54, 1.807) is 4.90 Å². The van der Waals surface area contributed by atoms with E-state index in [9.17, 15) is 19.5 Å². The molecular formula is C26H26N2O5. The van der Waals surface area contributed by atoms with E-state index in [0.717, 1.165) is 11.1 Å². The molecule has 2 N–H and O–H groups in total. The molecule has 2 saturated carbocycles. The van der Waals surface area contributed by atoms with E-state index < -0.39 is 17.6 Å². The molecule has 7 rings (SSSR count). The van der Waals surface area contributed by atoms with Gasteiger partial charge in [0.25, 0.3) is 0 Å². The third-order valence-electron chi connectivity index (χ3n) is 8.03.